The van der Waals surface area contributed by atoms with Crippen LogP contribution in [0.2, 0.25) is 5.02 Å². The minimum absolute atomic E-state index is 0.185. The topological polar surface area (TPSA) is 105 Å². The number of aromatic nitrogens is 1. The number of hydrogen-bond acceptors (Lipinski definition) is 9. The average Bonchev–Trinajstić information content (AvgIpc) is 3.25. The van der Waals surface area contributed by atoms with Gasteiger partial charge >= 0.3 is 11.9 Å². The molecule has 0 saturated heterocycles. The van der Waals surface area contributed by atoms with Crippen LogP contribution in [0.5, 0.6) is 11.5 Å². The minimum atomic E-state index is -0.691. The molecule has 0 N–H and O–H groups in total. The Kier molecular flexibility index (Phi) is 8.88. The zero-order chi connectivity index (χ0) is 28.1. The molecule has 0 radical (unpaired) electrons. The Morgan fingerprint density at radius 1 is 1.15 bits per heavy atom. The molecule has 0 aliphatic carbocycles. The fourth-order valence-electron chi connectivity index (χ4n) is 4.26. The van der Waals surface area contributed by atoms with Crippen LogP contribution in [0.1, 0.15) is 37.4 Å². The molecule has 0 bridgehead atoms. The fraction of sp³-hybridized carbons (Fsp3) is 0.286. The van der Waals surface area contributed by atoms with E-state index >= 15 is 0 Å². The summed E-state index contributed by atoms with van der Waals surface area (Å²) in [6.07, 6.45) is 2.15. The first kappa shape index (κ1) is 28.1. The van der Waals surface area contributed by atoms with Crippen molar-refractivity contribution in [1.29, 1.82) is 0 Å². The molecule has 4 rings (SSSR count). The van der Waals surface area contributed by atoms with Gasteiger partial charge in [0.05, 0.1) is 47.7 Å². The molecule has 0 saturated carbocycles. The highest BCUT2D eigenvalue weighted by atomic mass is 35.5. The monoisotopic (exact) mass is 570 g/mol. The van der Waals surface area contributed by atoms with Gasteiger partial charge in [0, 0.05) is 0 Å². The highest BCUT2D eigenvalue weighted by Crippen LogP contribution is 2.37. The van der Waals surface area contributed by atoms with Crippen molar-refractivity contribution >= 4 is 41.0 Å². The van der Waals surface area contributed by atoms with Crippen molar-refractivity contribution in [3.63, 3.8) is 0 Å². The van der Waals surface area contributed by atoms with Gasteiger partial charge in [0.15, 0.2) is 22.9 Å². The second-order valence-corrected chi connectivity index (χ2v) is 9.74. The van der Waals surface area contributed by atoms with Gasteiger partial charge in [-0.25, -0.2) is 14.6 Å². The Morgan fingerprint density at radius 3 is 2.54 bits per heavy atom. The highest BCUT2D eigenvalue weighted by molar-refractivity contribution is 7.07. The molecule has 204 valence electrons. The summed E-state index contributed by atoms with van der Waals surface area (Å²) in [5, 5.41) is 0.195. The van der Waals surface area contributed by atoms with Crippen molar-refractivity contribution in [1.82, 2.24) is 4.57 Å². The van der Waals surface area contributed by atoms with Gasteiger partial charge in [-0.05, 0) is 42.7 Å². The predicted octanol–water partition coefficient (Wildman–Crippen LogP) is 3.40. The number of carbonyl (C=O) groups excluding carboxylic acids is 2. The Labute approximate surface area is 233 Å². The van der Waals surface area contributed by atoms with E-state index in [1.807, 2.05) is 37.3 Å². The lowest BCUT2D eigenvalue weighted by atomic mass is 9.95. The van der Waals surface area contributed by atoms with Gasteiger partial charge in [0.2, 0.25) is 0 Å². The number of benzene rings is 2. The van der Waals surface area contributed by atoms with E-state index in [1.54, 1.807) is 25.1 Å². The molecular formula is C28H27ClN2O7S. The zero-order valence-corrected chi connectivity index (χ0v) is 23.4. The smallest absolute Gasteiger partial charge is 0.344 e. The number of fused-ring (bicyclic) bond motifs is 1. The molecular weight excluding hydrogens is 544 g/mol. The number of hydrogen-bond donors (Lipinski definition) is 0. The molecule has 1 aliphatic rings. The molecule has 0 unspecified atom stereocenters. The van der Waals surface area contributed by atoms with E-state index in [1.165, 1.54) is 30.1 Å². The van der Waals surface area contributed by atoms with Crippen LogP contribution in [-0.2, 0) is 19.1 Å². The van der Waals surface area contributed by atoms with Crippen LogP contribution in [0.3, 0.4) is 0 Å². The number of methoxy groups -OCH3 is 2. The number of halogens is 1. The van der Waals surface area contributed by atoms with Gasteiger partial charge in [-0.2, -0.15) is 0 Å². The van der Waals surface area contributed by atoms with Gasteiger partial charge in [-0.15, -0.1) is 0 Å². The number of nitrogens with zero attached hydrogens (tertiary/aromatic N) is 2. The summed E-state index contributed by atoms with van der Waals surface area (Å²) < 4.78 is 22.8. The third-order valence-corrected chi connectivity index (χ3v) is 7.22. The van der Waals surface area contributed by atoms with Gasteiger partial charge in [-0.1, -0.05) is 60.2 Å². The molecule has 1 atom stereocenters. The van der Waals surface area contributed by atoms with E-state index < -0.39 is 18.0 Å². The molecule has 3 aromatic rings. The summed E-state index contributed by atoms with van der Waals surface area (Å²) >= 11 is 7.66. The lowest BCUT2D eigenvalue weighted by Crippen LogP contribution is -2.40. The summed E-state index contributed by atoms with van der Waals surface area (Å²) in [5.41, 5.74) is 1.92. The van der Waals surface area contributed by atoms with E-state index in [2.05, 4.69) is 4.99 Å². The van der Waals surface area contributed by atoms with Crippen molar-refractivity contribution in [2.75, 3.05) is 27.4 Å². The maximum Gasteiger partial charge on any atom is 0.344 e. The lowest BCUT2D eigenvalue weighted by Gasteiger charge is -2.25. The molecule has 1 aromatic heterocycles. The summed E-state index contributed by atoms with van der Waals surface area (Å²) in [6, 6.07) is 11.9. The Balaban J connectivity index is 1.84. The van der Waals surface area contributed by atoms with Crippen molar-refractivity contribution in [3.8, 4) is 11.5 Å². The van der Waals surface area contributed by atoms with E-state index in [4.69, 9.17) is 30.5 Å². The summed E-state index contributed by atoms with van der Waals surface area (Å²) in [5.74, 6) is -0.598. The van der Waals surface area contributed by atoms with Crippen LogP contribution >= 0.6 is 22.9 Å². The molecule has 11 heteroatoms. The van der Waals surface area contributed by atoms with Gasteiger partial charge in [0.1, 0.15) is 0 Å². The zero-order valence-electron chi connectivity index (χ0n) is 21.9. The maximum atomic E-state index is 13.8. The second-order valence-electron chi connectivity index (χ2n) is 8.33. The van der Waals surface area contributed by atoms with Crippen LogP contribution in [0.4, 0.5) is 0 Å². The SMILES string of the molecule is CCOC(=O)COc1c(Cl)cc(/C=c2\sc3n(c2=O)[C@H](c2ccccc2)C(C(=O)OC)=C(CC)N=3)cc1OC. The maximum absolute atomic E-state index is 13.8. The standard InChI is InChI=1S/C28H27ClN2O7S/c1-5-19-23(27(34)36-4)24(17-10-8-7-9-11-17)31-26(33)21(39-28(31)30-19)14-16-12-18(29)25(20(13-16)35-3)38-15-22(32)37-6-2/h7-14,24H,5-6,15H2,1-4H3/b21-14-/t24-/m1/s1. The van der Waals surface area contributed by atoms with E-state index in [-0.39, 0.29) is 35.3 Å². The van der Waals surface area contributed by atoms with E-state index in [0.29, 0.717) is 32.6 Å². The van der Waals surface area contributed by atoms with E-state index in [9.17, 15) is 14.4 Å². The molecule has 0 fully saturated rings. The molecule has 1 aliphatic heterocycles. The lowest BCUT2D eigenvalue weighted by molar-refractivity contribution is -0.145. The first-order valence-electron chi connectivity index (χ1n) is 12.2. The Bertz CT molecular complexity index is 1610. The molecule has 9 nitrogen and oxygen atoms in total. The number of esters is 2. The first-order chi connectivity index (χ1) is 18.8. The third-order valence-electron chi connectivity index (χ3n) is 5.95. The van der Waals surface area contributed by atoms with Gasteiger partial charge < -0.3 is 18.9 Å². The third kappa shape index (κ3) is 5.76. The van der Waals surface area contributed by atoms with Crippen molar-refractivity contribution in [2.24, 2.45) is 4.99 Å². The molecule has 2 aromatic carbocycles. The number of allylic oxidation sites excluding steroid dienone is 1. The number of carbonyl (C=O) groups is 2. The summed E-state index contributed by atoms with van der Waals surface area (Å²) in [6.45, 7) is 3.50. The van der Waals surface area contributed by atoms with Gasteiger partial charge in [-0.3, -0.25) is 9.36 Å². The summed E-state index contributed by atoms with van der Waals surface area (Å²) in [4.78, 5) is 43.5. The van der Waals surface area contributed by atoms with Crippen LogP contribution in [-0.4, -0.2) is 43.9 Å². The largest absolute Gasteiger partial charge is 0.493 e. The predicted molar refractivity (Wildman–Crippen MR) is 147 cm³/mol. The quantitative estimate of drug-likeness (QED) is 0.363. The average molecular weight is 571 g/mol. The van der Waals surface area contributed by atoms with Crippen molar-refractivity contribution in [2.45, 2.75) is 26.3 Å². The summed E-state index contributed by atoms with van der Waals surface area (Å²) in [7, 11) is 2.76. The fourth-order valence-corrected chi connectivity index (χ4v) is 5.56. The number of rotatable bonds is 9. The second kappa shape index (κ2) is 12.3. The van der Waals surface area contributed by atoms with Crippen LogP contribution in [0, 0.1) is 0 Å². The molecule has 0 spiro atoms. The van der Waals surface area contributed by atoms with Gasteiger partial charge in [0.25, 0.3) is 5.56 Å². The van der Waals surface area contributed by atoms with Crippen LogP contribution in [0.25, 0.3) is 6.08 Å². The Morgan fingerprint density at radius 2 is 1.90 bits per heavy atom. The highest BCUT2D eigenvalue weighted by Gasteiger charge is 2.33. The molecule has 0 amide bonds. The van der Waals surface area contributed by atoms with Crippen LogP contribution in [0.15, 0.2) is 63.5 Å². The number of ether oxygens (including phenoxy) is 4. The molecule has 2 heterocycles. The number of thiazole rings is 1. The van der Waals surface area contributed by atoms with E-state index in [0.717, 1.165) is 5.56 Å². The first-order valence-corrected chi connectivity index (χ1v) is 13.4. The molecule has 39 heavy (non-hydrogen) atoms. The van der Waals surface area contributed by atoms with Crippen molar-refractivity contribution in [3.05, 3.63) is 89.6 Å². The Hall–Kier alpha value is -3.89. The van der Waals surface area contributed by atoms with Crippen molar-refractivity contribution < 1.29 is 28.5 Å². The normalized spacial score (nSPS) is 14.9. The minimum Gasteiger partial charge on any atom is -0.493 e. The van der Waals surface area contributed by atoms with Crippen LogP contribution < -0.4 is 24.4 Å².